The van der Waals surface area contributed by atoms with Crippen molar-refractivity contribution in [1.82, 2.24) is 0 Å². The van der Waals surface area contributed by atoms with Crippen molar-refractivity contribution in [3.8, 4) is 46.0 Å². The van der Waals surface area contributed by atoms with Crippen molar-refractivity contribution in [2.75, 3.05) is 0 Å². The fraction of sp³-hybridized carbons (Fsp3) is 0.143. The summed E-state index contributed by atoms with van der Waals surface area (Å²) in [5.74, 6) is -3.05. The molecule has 8 nitrogen and oxygen atoms in total. The van der Waals surface area contributed by atoms with E-state index >= 15 is 0 Å². The summed E-state index contributed by atoms with van der Waals surface area (Å²) in [7, 11) is 0. The molecule has 0 aliphatic heterocycles. The van der Waals surface area contributed by atoms with Crippen molar-refractivity contribution < 1.29 is 40.9 Å². The van der Waals surface area contributed by atoms with Gasteiger partial charge in [0, 0.05) is 29.5 Å². The van der Waals surface area contributed by atoms with Crippen LogP contribution in [0.15, 0.2) is 60.7 Å². The number of benzene rings is 4. The summed E-state index contributed by atoms with van der Waals surface area (Å²) in [6.07, 6.45) is 0.443. The zero-order chi connectivity index (χ0) is 25.7. The second-order valence-corrected chi connectivity index (χ2v) is 9.13. The molecule has 2 atom stereocenters. The van der Waals surface area contributed by atoms with Gasteiger partial charge in [0.05, 0.1) is 0 Å². The van der Waals surface area contributed by atoms with Gasteiger partial charge >= 0.3 is 0 Å². The highest BCUT2D eigenvalue weighted by molar-refractivity contribution is 5.61. The van der Waals surface area contributed by atoms with Crippen molar-refractivity contribution in [2.24, 2.45) is 0 Å². The van der Waals surface area contributed by atoms with E-state index in [1.807, 2.05) is 0 Å². The molecule has 8 N–H and O–H groups in total. The summed E-state index contributed by atoms with van der Waals surface area (Å²) in [5, 5.41) is 82.1. The maximum Gasteiger partial charge on any atom is 0.157 e. The number of rotatable bonds is 3. The summed E-state index contributed by atoms with van der Waals surface area (Å²) in [4.78, 5) is 0. The lowest BCUT2D eigenvalue weighted by atomic mass is 9.81. The molecule has 0 unspecified atom stereocenters. The van der Waals surface area contributed by atoms with Gasteiger partial charge in [0.2, 0.25) is 0 Å². The largest absolute Gasteiger partial charge is 0.508 e. The Morgan fingerprint density at radius 1 is 0.556 bits per heavy atom. The molecule has 1 aliphatic carbocycles. The predicted molar refractivity (Wildman–Crippen MR) is 130 cm³/mol. The van der Waals surface area contributed by atoms with Crippen LogP contribution in [0.4, 0.5) is 0 Å². The molecule has 0 spiro atoms. The lowest BCUT2D eigenvalue weighted by Crippen LogP contribution is -2.09. The van der Waals surface area contributed by atoms with E-state index in [9.17, 15) is 40.9 Å². The van der Waals surface area contributed by atoms with Gasteiger partial charge in [-0.3, -0.25) is 0 Å². The summed E-state index contributed by atoms with van der Waals surface area (Å²) in [5.41, 5.74) is 3.38. The molecule has 0 saturated carbocycles. The van der Waals surface area contributed by atoms with Crippen LogP contribution in [0.2, 0.25) is 0 Å². The summed E-state index contributed by atoms with van der Waals surface area (Å²) < 4.78 is 0. The van der Waals surface area contributed by atoms with E-state index in [1.165, 1.54) is 54.6 Å². The Balaban J connectivity index is 1.79. The maximum atomic E-state index is 11.0. The van der Waals surface area contributed by atoms with E-state index in [1.54, 1.807) is 6.07 Å². The molecular formula is C28H24O8. The van der Waals surface area contributed by atoms with Crippen LogP contribution in [0, 0.1) is 0 Å². The van der Waals surface area contributed by atoms with Gasteiger partial charge in [0.25, 0.3) is 0 Å². The average molecular weight is 488 g/mol. The minimum atomic E-state index is -0.612. The van der Waals surface area contributed by atoms with Crippen molar-refractivity contribution in [1.29, 1.82) is 0 Å². The van der Waals surface area contributed by atoms with Crippen LogP contribution in [0.3, 0.4) is 0 Å². The van der Waals surface area contributed by atoms with Crippen LogP contribution in [-0.4, -0.2) is 40.9 Å². The maximum absolute atomic E-state index is 11.0. The molecular weight excluding hydrogens is 464 g/mol. The molecule has 1 aliphatic rings. The second kappa shape index (κ2) is 8.49. The van der Waals surface area contributed by atoms with E-state index in [0.29, 0.717) is 33.4 Å². The molecule has 36 heavy (non-hydrogen) atoms. The van der Waals surface area contributed by atoms with Crippen LogP contribution in [0.1, 0.15) is 45.2 Å². The van der Waals surface area contributed by atoms with E-state index in [-0.39, 0.29) is 58.8 Å². The molecule has 4 aromatic carbocycles. The van der Waals surface area contributed by atoms with Crippen LogP contribution in [-0.2, 0) is 12.8 Å². The van der Waals surface area contributed by atoms with Crippen molar-refractivity contribution >= 4 is 0 Å². The molecule has 0 radical (unpaired) electrons. The Morgan fingerprint density at radius 2 is 1.17 bits per heavy atom. The highest BCUT2D eigenvalue weighted by Crippen LogP contribution is 2.50. The third-order valence-electron chi connectivity index (χ3n) is 6.74. The molecule has 0 aromatic heterocycles. The van der Waals surface area contributed by atoms with Gasteiger partial charge in [0.1, 0.15) is 23.0 Å². The summed E-state index contributed by atoms with van der Waals surface area (Å²) >= 11 is 0. The fourth-order valence-corrected chi connectivity index (χ4v) is 5.23. The third-order valence-corrected chi connectivity index (χ3v) is 6.74. The number of hydrogen-bond acceptors (Lipinski definition) is 8. The molecule has 0 saturated heterocycles. The van der Waals surface area contributed by atoms with Crippen LogP contribution < -0.4 is 0 Å². The van der Waals surface area contributed by atoms with Crippen LogP contribution in [0.5, 0.6) is 46.0 Å². The lowest BCUT2D eigenvalue weighted by Gasteiger charge is -2.23. The number of fused-ring (bicyclic) bond motifs is 2. The molecule has 5 rings (SSSR count). The Morgan fingerprint density at radius 3 is 1.83 bits per heavy atom. The second-order valence-electron chi connectivity index (χ2n) is 9.13. The van der Waals surface area contributed by atoms with E-state index in [0.717, 1.165) is 0 Å². The first kappa shape index (κ1) is 23.0. The lowest BCUT2D eigenvalue weighted by molar-refractivity contribution is 0.401. The number of aromatic hydroxyl groups is 8. The zero-order valence-corrected chi connectivity index (χ0v) is 18.9. The molecule has 184 valence electrons. The van der Waals surface area contributed by atoms with E-state index in [2.05, 4.69) is 0 Å². The first-order valence-corrected chi connectivity index (χ1v) is 11.2. The Kier molecular flexibility index (Phi) is 5.44. The molecule has 0 amide bonds. The molecule has 4 aromatic rings. The number of phenols is 8. The Bertz CT molecular complexity index is 1470. The highest BCUT2D eigenvalue weighted by Gasteiger charge is 2.34. The van der Waals surface area contributed by atoms with Gasteiger partial charge in [-0.05, 0) is 83.1 Å². The molecule has 0 bridgehead atoms. The minimum absolute atomic E-state index is 0.139. The molecule has 8 heteroatoms. The normalized spacial score (nSPS) is 16.7. The van der Waals surface area contributed by atoms with Gasteiger partial charge in [0.15, 0.2) is 23.0 Å². The minimum Gasteiger partial charge on any atom is -0.508 e. The number of hydrogen-bond donors (Lipinski definition) is 8. The van der Waals surface area contributed by atoms with Gasteiger partial charge in [-0.2, -0.15) is 0 Å². The topological polar surface area (TPSA) is 162 Å². The molecule has 0 fully saturated rings. The number of phenolic OH excluding ortho intramolecular Hbond substituents is 8. The first-order valence-electron chi connectivity index (χ1n) is 11.2. The third kappa shape index (κ3) is 4.02. The van der Waals surface area contributed by atoms with Gasteiger partial charge < -0.3 is 40.9 Å². The van der Waals surface area contributed by atoms with Gasteiger partial charge in [-0.1, -0.05) is 6.07 Å². The van der Waals surface area contributed by atoms with Crippen molar-refractivity contribution in [3.05, 3.63) is 94.0 Å². The Hall–Kier alpha value is -4.72. The summed E-state index contributed by atoms with van der Waals surface area (Å²) in [6.45, 7) is 0. The highest BCUT2D eigenvalue weighted by atomic mass is 16.3. The molecule has 0 heterocycles. The summed E-state index contributed by atoms with van der Waals surface area (Å²) in [6, 6.07) is 14.1. The Labute approximate surface area is 205 Å². The van der Waals surface area contributed by atoms with Gasteiger partial charge in [-0.25, -0.2) is 0 Å². The zero-order valence-electron chi connectivity index (χ0n) is 18.9. The SMILES string of the molecule is Oc1cc(O)cc(C[C@H]2c3cc(O)c(O)cc3[C@H](c3ccc(O)c(O)c3)Cc3cc(O)cc(O)c32)c1. The van der Waals surface area contributed by atoms with Crippen molar-refractivity contribution in [3.63, 3.8) is 0 Å². The fourth-order valence-electron chi connectivity index (χ4n) is 5.23. The standard InChI is InChI=1S/C28H24O8/c29-16-3-13(4-17(30)9-16)5-22-21-12-26(35)25(34)11-20(21)19(14-1-2-23(32)24(33)8-14)7-15-6-18(31)10-27(36)28(15)22/h1-4,6,8-12,19,22,29-36H,5,7H2/t19-,22-/m0/s1. The van der Waals surface area contributed by atoms with E-state index < -0.39 is 11.8 Å². The average Bonchev–Trinajstić information content (AvgIpc) is 2.90. The van der Waals surface area contributed by atoms with E-state index in [4.69, 9.17) is 0 Å². The van der Waals surface area contributed by atoms with Crippen LogP contribution >= 0.6 is 0 Å². The predicted octanol–water partition coefficient (Wildman–Crippen LogP) is 4.39. The van der Waals surface area contributed by atoms with Crippen LogP contribution in [0.25, 0.3) is 0 Å². The van der Waals surface area contributed by atoms with Gasteiger partial charge in [-0.15, -0.1) is 0 Å². The smallest absolute Gasteiger partial charge is 0.157 e. The van der Waals surface area contributed by atoms with Crippen molar-refractivity contribution in [2.45, 2.75) is 24.7 Å². The quantitative estimate of drug-likeness (QED) is 0.197. The first-order chi connectivity index (χ1) is 17.1. The monoisotopic (exact) mass is 488 g/mol.